The predicted molar refractivity (Wildman–Crippen MR) is 146 cm³/mol. The maximum Gasteiger partial charge on any atom is 0.303 e. The highest BCUT2D eigenvalue weighted by molar-refractivity contribution is 14.1. The number of Topliss-reactive ketones (excluding diaryl/α,β-unsaturated/α-hetero) is 1. The van der Waals surface area contributed by atoms with Crippen LogP contribution in [0.4, 0.5) is 0 Å². The van der Waals surface area contributed by atoms with E-state index in [1.165, 1.54) is 11.8 Å². The normalized spacial score (nSPS) is 33.9. The summed E-state index contributed by atoms with van der Waals surface area (Å²) in [6.45, 7) is 3.09. The fraction of sp³-hybridized carbons (Fsp3) is 0.667. The molecule has 0 bridgehead atoms. The van der Waals surface area contributed by atoms with Crippen LogP contribution in [0.1, 0.15) is 37.3 Å². The van der Waals surface area contributed by atoms with Gasteiger partial charge in [0.1, 0.15) is 43.8 Å². The van der Waals surface area contributed by atoms with Gasteiger partial charge in [0.05, 0.1) is 6.10 Å². The third-order valence-electron chi connectivity index (χ3n) is 7.66. The Morgan fingerprint density at radius 3 is 2.49 bits per heavy atom. The van der Waals surface area contributed by atoms with E-state index in [-0.39, 0.29) is 39.1 Å². The largest absolute Gasteiger partial charge is 0.454 e. The van der Waals surface area contributed by atoms with Crippen LogP contribution in [0.5, 0.6) is 11.5 Å². The van der Waals surface area contributed by atoms with E-state index in [1.807, 2.05) is 0 Å². The molecule has 4 aliphatic heterocycles. The molecule has 2 saturated heterocycles. The number of halogens is 1. The van der Waals surface area contributed by atoms with Gasteiger partial charge in [-0.05, 0) is 23.3 Å². The van der Waals surface area contributed by atoms with Crippen LogP contribution >= 0.6 is 22.6 Å². The fourth-order valence-corrected chi connectivity index (χ4v) is 6.26. The topological polar surface area (TPSA) is 138 Å². The molecule has 1 amide bonds. The summed E-state index contributed by atoms with van der Waals surface area (Å²) < 4.78 is 52.6. The molecule has 1 aromatic rings. The second kappa shape index (κ2) is 13.1. The van der Waals surface area contributed by atoms with Crippen molar-refractivity contribution in [2.24, 2.45) is 0 Å². The molecule has 5 rings (SSSR count). The molecule has 41 heavy (non-hydrogen) atoms. The summed E-state index contributed by atoms with van der Waals surface area (Å²) in [5.41, 5.74) is 1.44. The fourth-order valence-electron chi connectivity index (χ4n) is 5.55. The molecule has 0 spiro atoms. The van der Waals surface area contributed by atoms with Crippen LogP contribution in [0.3, 0.4) is 0 Å². The Morgan fingerprint density at radius 1 is 1.10 bits per heavy atom. The minimum atomic E-state index is -1.42. The molecule has 0 radical (unpaired) electrons. The number of hydrogen-bond donors (Lipinski definition) is 0. The van der Waals surface area contributed by atoms with E-state index in [0.717, 1.165) is 5.56 Å². The molecule has 2 fully saturated rings. The number of carbonyl (C=O) groups excluding carboxylic acids is 3. The molecule has 13 nitrogen and oxygen atoms in total. The molecule has 226 valence electrons. The van der Waals surface area contributed by atoms with Gasteiger partial charge >= 0.3 is 5.97 Å². The first-order valence-corrected chi connectivity index (χ1v) is 14.8. The molecule has 4 aliphatic rings. The molecule has 8 atom stereocenters. The molecule has 0 aromatic heterocycles. The number of ether oxygens (including phenoxy) is 9. The molecule has 4 heterocycles. The predicted octanol–water partition coefficient (Wildman–Crippen LogP) is 1.66. The van der Waals surface area contributed by atoms with Crippen LogP contribution in [0.25, 0.3) is 0 Å². The Kier molecular flexibility index (Phi) is 9.67. The minimum absolute atomic E-state index is 0.0155. The lowest BCUT2D eigenvalue weighted by Gasteiger charge is -2.45. The van der Waals surface area contributed by atoms with Crippen molar-refractivity contribution in [2.45, 2.75) is 75.6 Å². The zero-order valence-corrected chi connectivity index (χ0v) is 25.4. The number of ketones is 1. The van der Waals surface area contributed by atoms with Gasteiger partial charge in [-0.1, -0.05) is 29.5 Å². The van der Waals surface area contributed by atoms with Gasteiger partial charge in [-0.2, -0.15) is 0 Å². The van der Waals surface area contributed by atoms with Crippen molar-refractivity contribution >= 4 is 40.3 Å². The monoisotopic (exact) mass is 691 g/mol. The Morgan fingerprint density at radius 2 is 1.80 bits per heavy atom. The van der Waals surface area contributed by atoms with E-state index < -0.39 is 60.7 Å². The van der Waals surface area contributed by atoms with Gasteiger partial charge in [-0.3, -0.25) is 14.4 Å². The Balaban J connectivity index is 1.50. The van der Waals surface area contributed by atoms with Gasteiger partial charge < -0.3 is 47.5 Å². The number of fused-ring (bicyclic) bond motifs is 3. The van der Waals surface area contributed by atoms with Crippen LogP contribution in [-0.4, -0.2) is 104 Å². The van der Waals surface area contributed by atoms with Gasteiger partial charge in [-0.25, -0.2) is 0 Å². The van der Waals surface area contributed by atoms with E-state index >= 15 is 0 Å². The number of nitrogens with zero attached hydrogens (tertiary/aromatic N) is 1. The highest BCUT2D eigenvalue weighted by atomic mass is 127. The third-order valence-corrected chi connectivity index (χ3v) is 8.52. The van der Waals surface area contributed by atoms with Gasteiger partial charge in [0, 0.05) is 44.4 Å². The van der Waals surface area contributed by atoms with E-state index in [1.54, 1.807) is 33.2 Å². The number of carbonyl (C=O) groups is 3. The molecule has 0 aliphatic carbocycles. The molecular formula is C27H34INO12. The zero-order valence-electron chi connectivity index (χ0n) is 23.2. The number of rotatable bonds is 5. The van der Waals surface area contributed by atoms with E-state index in [4.69, 9.17) is 42.6 Å². The van der Waals surface area contributed by atoms with E-state index in [2.05, 4.69) is 22.6 Å². The average Bonchev–Trinajstić information content (AvgIpc) is 3.27. The van der Waals surface area contributed by atoms with Gasteiger partial charge in [-0.15, -0.1) is 0 Å². The quantitative estimate of drug-likeness (QED) is 0.252. The number of hydrogen-bond acceptors (Lipinski definition) is 12. The highest BCUT2D eigenvalue weighted by Crippen LogP contribution is 2.39. The summed E-state index contributed by atoms with van der Waals surface area (Å²) in [6, 6.07) is 3.56. The first kappa shape index (κ1) is 30.4. The molecule has 14 heteroatoms. The van der Waals surface area contributed by atoms with Gasteiger partial charge in [0.25, 0.3) is 5.91 Å². The van der Waals surface area contributed by atoms with Crippen LogP contribution in [0.15, 0.2) is 12.1 Å². The van der Waals surface area contributed by atoms with Crippen LogP contribution in [-0.2, 0) is 54.1 Å². The summed E-state index contributed by atoms with van der Waals surface area (Å²) in [6.07, 6.45) is -6.30. The first-order chi connectivity index (χ1) is 19.7. The number of benzene rings is 1. The maximum absolute atomic E-state index is 13.8. The van der Waals surface area contributed by atoms with Crippen molar-refractivity contribution in [3.63, 3.8) is 0 Å². The summed E-state index contributed by atoms with van der Waals surface area (Å²) in [7, 11) is 3.15. The number of methoxy groups -OCH3 is 1. The lowest BCUT2D eigenvalue weighted by Crippen LogP contribution is -2.62. The zero-order chi connectivity index (χ0) is 29.3. The van der Waals surface area contributed by atoms with Gasteiger partial charge in [0.2, 0.25) is 12.9 Å². The minimum Gasteiger partial charge on any atom is -0.454 e. The Bertz CT molecular complexity index is 1150. The molecule has 0 N–H and O–H groups in total. The lowest BCUT2D eigenvalue weighted by atomic mass is 9.87. The van der Waals surface area contributed by atoms with Crippen molar-refractivity contribution in [3.05, 3.63) is 23.3 Å². The van der Waals surface area contributed by atoms with Crippen molar-refractivity contribution in [3.8, 4) is 11.5 Å². The van der Waals surface area contributed by atoms with Crippen molar-refractivity contribution in [2.75, 3.05) is 39.0 Å². The van der Waals surface area contributed by atoms with Crippen molar-refractivity contribution < 1.29 is 57.0 Å². The number of esters is 1. The highest BCUT2D eigenvalue weighted by Gasteiger charge is 2.51. The number of amides is 1. The molecular weight excluding hydrogens is 657 g/mol. The first-order valence-electron chi connectivity index (χ1n) is 13.3. The second-order valence-electron chi connectivity index (χ2n) is 10.3. The van der Waals surface area contributed by atoms with Crippen molar-refractivity contribution in [1.82, 2.24) is 4.90 Å². The summed E-state index contributed by atoms with van der Waals surface area (Å²) in [5.74, 6) is -0.968. The van der Waals surface area contributed by atoms with Crippen molar-refractivity contribution in [1.29, 1.82) is 0 Å². The Labute approximate surface area is 251 Å². The second-order valence-corrected chi connectivity index (χ2v) is 11.2. The molecule has 0 unspecified atom stereocenters. The lowest BCUT2D eigenvalue weighted by molar-refractivity contribution is -0.318. The third kappa shape index (κ3) is 6.33. The van der Waals surface area contributed by atoms with Gasteiger partial charge in [0.15, 0.2) is 17.8 Å². The number of alkyl halides is 1. The summed E-state index contributed by atoms with van der Waals surface area (Å²) in [4.78, 5) is 41.2. The maximum atomic E-state index is 13.8. The smallest absolute Gasteiger partial charge is 0.303 e. The van der Waals surface area contributed by atoms with E-state index in [9.17, 15) is 14.4 Å². The van der Waals surface area contributed by atoms with Crippen LogP contribution in [0, 0.1) is 0 Å². The number of likely N-dealkylation sites (N-methyl/N-ethyl adjacent to an activating group) is 1. The molecule has 1 aromatic carbocycles. The summed E-state index contributed by atoms with van der Waals surface area (Å²) >= 11 is 2.17. The Hall–Kier alpha value is -2.08. The standard InChI is InChI=1S/C27H34INO12/c1-13-16-6-19-18(35-12-36-19)5-15(16)9-29(3)26(32)23(39-14(2)30)20(7-17(13)31)40-27-25-24(37-10-34-11-38-25)22(33-4)21(8-28)41-27/h5-6,13,20-25,27H,7-12H2,1-4H3/t13-,20+,21+,22+,23-,24-,25+,27+/m0/s1. The van der Waals surface area contributed by atoms with E-state index in [0.29, 0.717) is 21.5 Å². The van der Waals surface area contributed by atoms with Crippen LogP contribution in [0.2, 0.25) is 0 Å². The van der Waals surface area contributed by atoms with Crippen LogP contribution < -0.4 is 9.47 Å². The average molecular weight is 691 g/mol. The SMILES string of the molecule is CO[C@H]1[C@@H]2OCOCO[C@H]2[C@H](O[C@@H]2CC(=O)[C@@H](C)c3cc4c(cc3CN(C)C(=O)[C@H]2OC(C)=O)OCO4)O[C@@H]1CI. The summed E-state index contributed by atoms with van der Waals surface area (Å²) in [5, 5.41) is 0. The molecule has 0 saturated carbocycles.